The van der Waals surface area contributed by atoms with E-state index in [1.807, 2.05) is 0 Å². The molecule has 0 atom stereocenters. The van der Waals surface area contributed by atoms with Crippen molar-refractivity contribution in [3.8, 4) is 17.1 Å². The zero-order chi connectivity index (χ0) is 14.9. The lowest BCUT2D eigenvalue weighted by atomic mass is 10.1. The van der Waals surface area contributed by atoms with E-state index in [0.29, 0.717) is 0 Å². The summed E-state index contributed by atoms with van der Waals surface area (Å²) in [6, 6.07) is 5.84. The summed E-state index contributed by atoms with van der Waals surface area (Å²) in [5.74, 6) is -0.965. The van der Waals surface area contributed by atoms with Crippen LogP contribution in [0.15, 0.2) is 39.5 Å². The van der Waals surface area contributed by atoms with Gasteiger partial charge in [0.15, 0.2) is 0 Å². The van der Waals surface area contributed by atoms with E-state index in [2.05, 4.69) is 0 Å². The minimum atomic E-state index is -1.30. The van der Waals surface area contributed by atoms with Crippen molar-refractivity contribution >= 4 is 11.4 Å². The van der Waals surface area contributed by atoms with E-state index in [9.17, 15) is 30.1 Å². The van der Waals surface area contributed by atoms with Crippen molar-refractivity contribution in [1.29, 1.82) is 0 Å². The second-order valence-electron chi connectivity index (χ2n) is 3.69. The van der Waals surface area contributed by atoms with Crippen LogP contribution < -0.4 is 5.63 Å². The molecule has 0 aliphatic heterocycles. The third-order valence-electron chi connectivity index (χ3n) is 2.45. The molecule has 0 unspecified atom stereocenters. The number of nitro groups is 2. The first-order valence-corrected chi connectivity index (χ1v) is 5.16. The van der Waals surface area contributed by atoms with Crippen LogP contribution in [0.3, 0.4) is 0 Å². The van der Waals surface area contributed by atoms with Crippen molar-refractivity contribution in [3.63, 3.8) is 0 Å². The molecule has 1 aromatic heterocycles. The highest BCUT2D eigenvalue weighted by Crippen LogP contribution is 2.28. The van der Waals surface area contributed by atoms with Crippen LogP contribution in [0.2, 0.25) is 0 Å². The van der Waals surface area contributed by atoms with Crippen LogP contribution in [0.4, 0.5) is 11.4 Å². The summed E-state index contributed by atoms with van der Waals surface area (Å²) in [5, 5.41) is 30.5. The number of nitro benzene ring substituents is 1. The van der Waals surface area contributed by atoms with E-state index >= 15 is 0 Å². The van der Waals surface area contributed by atoms with E-state index in [0.717, 1.165) is 6.07 Å². The number of hydrogen-bond donors (Lipinski definition) is 1. The van der Waals surface area contributed by atoms with Gasteiger partial charge in [-0.2, -0.15) is 0 Å². The standard InChI is InChI=1S/C11H6N2O7/c14-8-5-9(20-11(15)10(8)13(18)19)6-1-3-7(4-2-6)12(16)17/h1-5,14H. The molecule has 0 saturated heterocycles. The molecule has 2 aromatic rings. The van der Waals surface area contributed by atoms with Gasteiger partial charge in [0.05, 0.1) is 9.85 Å². The van der Waals surface area contributed by atoms with Crippen molar-refractivity contribution in [2.45, 2.75) is 0 Å². The molecule has 1 heterocycles. The molecule has 0 radical (unpaired) electrons. The van der Waals surface area contributed by atoms with E-state index in [-0.39, 0.29) is 17.0 Å². The Morgan fingerprint density at radius 1 is 1.05 bits per heavy atom. The predicted octanol–water partition coefficient (Wildman–Crippen LogP) is 1.83. The van der Waals surface area contributed by atoms with Crippen molar-refractivity contribution < 1.29 is 19.4 Å². The summed E-state index contributed by atoms with van der Waals surface area (Å²) in [7, 11) is 0. The van der Waals surface area contributed by atoms with E-state index < -0.39 is 26.9 Å². The SMILES string of the molecule is O=c1oc(-c2ccc([N+](=O)[O-])cc2)cc(O)c1[N+](=O)[O-]. The lowest BCUT2D eigenvalue weighted by Crippen LogP contribution is -2.07. The molecule has 0 spiro atoms. The molecule has 1 aromatic carbocycles. The third kappa shape index (κ3) is 2.32. The molecule has 1 N–H and O–H groups in total. The molecule has 9 nitrogen and oxygen atoms in total. The van der Waals surface area contributed by atoms with Gasteiger partial charge in [-0.1, -0.05) is 0 Å². The van der Waals surface area contributed by atoms with Gasteiger partial charge in [-0.3, -0.25) is 20.2 Å². The Kier molecular flexibility index (Phi) is 3.17. The normalized spacial score (nSPS) is 10.2. The van der Waals surface area contributed by atoms with E-state index in [1.54, 1.807) is 0 Å². The molecule has 0 aliphatic rings. The fraction of sp³-hybridized carbons (Fsp3) is 0. The Balaban J connectivity index is 2.51. The van der Waals surface area contributed by atoms with Crippen molar-refractivity contribution in [2.24, 2.45) is 0 Å². The smallest absolute Gasteiger partial charge is 0.419 e. The number of rotatable bonds is 3. The van der Waals surface area contributed by atoms with Crippen LogP contribution in [0.25, 0.3) is 11.3 Å². The van der Waals surface area contributed by atoms with Crippen molar-refractivity contribution in [1.82, 2.24) is 0 Å². The average Bonchev–Trinajstić information content (AvgIpc) is 2.37. The van der Waals surface area contributed by atoms with Gasteiger partial charge in [0.1, 0.15) is 5.76 Å². The van der Waals surface area contributed by atoms with Crippen molar-refractivity contribution in [2.75, 3.05) is 0 Å². The Labute approximate surface area is 110 Å². The predicted molar refractivity (Wildman–Crippen MR) is 65.4 cm³/mol. The highest BCUT2D eigenvalue weighted by molar-refractivity contribution is 5.62. The van der Waals surface area contributed by atoms with Gasteiger partial charge in [0.25, 0.3) is 5.69 Å². The Bertz CT molecular complexity index is 748. The highest BCUT2D eigenvalue weighted by atomic mass is 16.6. The lowest BCUT2D eigenvalue weighted by Gasteiger charge is -2.01. The highest BCUT2D eigenvalue weighted by Gasteiger charge is 2.22. The molecule has 9 heteroatoms. The molecule has 0 aliphatic carbocycles. The van der Waals surface area contributed by atoms with Gasteiger partial charge in [0, 0.05) is 23.8 Å². The Hall–Kier alpha value is -3.23. The molecule has 0 saturated carbocycles. The maximum Gasteiger partial charge on any atom is 0.419 e. The molecular weight excluding hydrogens is 272 g/mol. The maximum absolute atomic E-state index is 11.4. The zero-order valence-electron chi connectivity index (χ0n) is 9.68. The van der Waals surface area contributed by atoms with Crippen LogP contribution in [-0.2, 0) is 0 Å². The molecule has 0 bridgehead atoms. The zero-order valence-corrected chi connectivity index (χ0v) is 9.68. The minimum absolute atomic E-state index is 0.131. The summed E-state index contributed by atoms with van der Waals surface area (Å²) in [5.41, 5.74) is -2.26. The minimum Gasteiger partial charge on any atom is -0.502 e. The summed E-state index contributed by atoms with van der Waals surface area (Å²) in [4.78, 5) is 30.7. The van der Waals surface area contributed by atoms with Gasteiger partial charge in [0.2, 0.25) is 5.75 Å². The summed E-state index contributed by atoms with van der Waals surface area (Å²) in [6.45, 7) is 0. The molecule has 102 valence electrons. The largest absolute Gasteiger partial charge is 0.502 e. The Morgan fingerprint density at radius 3 is 2.10 bits per heavy atom. The monoisotopic (exact) mass is 278 g/mol. The first-order chi connectivity index (χ1) is 9.40. The third-order valence-corrected chi connectivity index (χ3v) is 2.45. The maximum atomic E-state index is 11.4. The van der Waals surface area contributed by atoms with Gasteiger partial charge in [-0.25, -0.2) is 4.79 Å². The molecular formula is C11H6N2O7. The lowest BCUT2D eigenvalue weighted by molar-refractivity contribution is -0.388. The van der Waals surface area contributed by atoms with Crippen LogP contribution >= 0.6 is 0 Å². The molecule has 20 heavy (non-hydrogen) atoms. The fourth-order valence-electron chi connectivity index (χ4n) is 1.53. The topological polar surface area (TPSA) is 137 Å². The number of aromatic hydroxyl groups is 1. The second kappa shape index (κ2) is 4.80. The Morgan fingerprint density at radius 2 is 1.65 bits per heavy atom. The summed E-state index contributed by atoms with van der Waals surface area (Å²) in [6.07, 6.45) is 0. The van der Waals surface area contributed by atoms with Gasteiger partial charge in [-0.05, 0) is 12.1 Å². The summed E-state index contributed by atoms with van der Waals surface area (Å²) < 4.78 is 4.71. The first-order valence-electron chi connectivity index (χ1n) is 5.16. The molecule has 0 fully saturated rings. The molecule has 2 rings (SSSR count). The van der Waals surface area contributed by atoms with Crippen LogP contribution in [-0.4, -0.2) is 15.0 Å². The number of non-ortho nitro benzene ring substituents is 1. The van der Waals surface area contributed by atoms with E-state index in [1.165, 1.54) is 24.3 Å². The van der Waals surface area contributed by atoms with Gasteiger partial charge < -0.3 is 9.52 Å². The average molecular weight is 278 g/mol. The summed E-state index contributed by atoms with van der Waals surface area (Å²) >= 11 is 0. The number of benzene rings is 1. The van der Waals surface area contributed by atoms with Gasteiger partial charge >= 0.3 is 11.3 Å². The quantitative estimate of drug-likeness (QED) is 0.667. The van der Waals surface area contributed by atoms with E-state index in [4.69, 9.17) is 4.42 Å². The number of nitrogens with zero attached hydrogens (tertiary/aromatic N) is 2. The van der Waals surface area contributed by atoms with Crippen LogP contribution in [0, 0.1) is 20.2 Å². The molecule has 0 amide bonds. The van der Waals surface area contributed by atoms with Crippen LogP contribution in [0.5, 0.6) is 5.75 Å². The second-order valence-corrected chi connectivity index (χ2v) is 3.69. The van der Waals surface area contributed by atoms with Gasteiger partial charge in [-0.15, -0.1) is 0 Å². The fourth-order valence-corrected chi connectivity index (χ4v) is 1.53. The van der Waals surface area contributed by atoms with Crippen molar-refractivity contribution in [3.05, 3.63) is 61.0 Å². The van der Waals surface area contributed by atoms with Crippen LogP contribution in [0.1, 0.15) is 0 Å². The first kappa shape index (κ1) is 13.2. The number of hydrogen-bond acceptors (Lipinski definition) is 7.